The number of hydrogen-bond donors (Lipinski definition) is 4. The van der Waals surface area contributed by atoms with Crippen molar-refractivity contribution < 1.29 is 19.1 Å². The number of aromatic nitrogens is 1. The zero-order chi connectivity index (χ0) is 26.5. The molecule has 4 rings (SSSR count). The summed E-state index contributed by atoms with van der Waals surface area (Å²) in [5, 5.41) is 8.66. The fraction of sp³-hybridized carbons (Fsp3) is 0.179. The second-order valence-electron chi connectivity index (χ2n) is 7.07. The lowest BCUT2D eigenvalue weighted by molar-refractivity contribution is 0.150. The van der Waals surface area contributed by atoms with Gasteiger partial charge in [-0.3, -0.25) is 0 Å². The summed E-state index contributed by atoms with van der Waals surface area (Å²) in [5.74, 6) is 0. The normalized spacial score (nSPS) is 8.86. The van der Waals surface area contributed by atoms with E-state index in [2.05, 4.69) is 85.3 Å². The number of aryl methyl sites for hydroxylation is 1. The molecule has 2 aromatic heterocycles. The molecule has 6 N–H and O–H groups in total. The van der Waals surface area contributed by atoms with E-state index in [9.17, 15) is 4.79 Å². The number of terminal acetylenes is 1. The van der Waals surface area contributed by atoms with E-state index in [1.54, 1.807) is 6.07 Å². The van der Waals surface area contributed by atoms with Crippen LogP contribution in [0.1, 0.15) is 23.6 Å². The summed E-state index contributed by atoms with van der Waals surface area (Å²) in [4.78, 5) is 13.3. The topological polar surface area (TPSA) is 128 Å². The molecule has 7 heteroatoms. The molecule has 0 radical (unpaired) electrons. The van der Waals surface area contributed by atoms with Gasteiger partial charge in [0.2, 0.25) is 0 Å². The molecule has 0 spiro atoms. The van der Waals surface area contributed by atoms with Gasteiger partial charge in [-0.05, 0) is 38.0 Å². The standard InChI is InChI=1S/C12H13N.C7H8.C6H7NO3.C2H2.CH5NO/c1-9(2)7-10-8-13-12-6-4-3-5-11(10)12;1-7-5-3-2-4-6-7;7-6(8)10-4-5-1-2-9-3-5;1-2;2-1-3/h3-6,8,13H,1,7H2,2H3;2-6H,1H3;1-3H,4H2,(H2,7,8);1-2H;3H,1-2H2. The number of fused-ring (bicyclic) bond motifs is 1. The summed E-state index contributed by atoms with van der Waals surface area (Å²) >= 11 is 0. The molecule has 0 saturated carbocycles. The number of allylic oxidation sites excluding steroid dienone is 1. The lowest BCUT2D eigenvalue weighted by Gasteiger charge is -1.96. The third-order valence-corrected chi connectivity index (χ3v) is 4.07. The highest BCUT2D eigenvalue weighted by Crippen LogP contribution is 2.19. The Morgan fingerprint density at radius 1 is 1.11 bits per heavy atom. The molecule has 0 aliphatic heterocycles. The molecule has 0 aliphatic carbocycles. The van der Waals surface area contributed by atoms with Crippen LogP contribution in [0.25, 0.3) is 10.9 Å². The van der Waals surface area contributed by atoms with Crippen molar-refractivity contribution in [2.24, 2.45) is 11.5 Å². The second kappa shape index (κ2) is 19.2. The second-order valence-corrected chi connectivity index (χ2v) is 7.07. The largest absolute Gasteiger partial charge is 0.472 e. The van der Waals surface area contributed by atoms with E-state index in [4.69, 9.17) is 15.3 Å². The summed E-state index contributed by atoms with van der Waals surface area (Å²) in [6, 6.07) is 20.3. The number of nitrogens with one attached hydrogen (secondary N) is 1. The zero-order valence-electron chi connectivity index (χ0n) is 20.3. The number of benzene rings is 2. The van der Waals surface area contributed by atoms with Crippen molar-refractivity contribution in [2.45, 2.75) is 26.9 Å². The summed E-state index contributed by atoms with van der Waals surface area (Å²) in [7, 11) is 0. The number of carbonyl (C=O) groups is 1. The number of aromatic amines is 1. The van der Waals surface area contributed by atoms with Crippen LogP contribution in [0.2, 0.25) is 0 Å². The number of aliphatic hydroxyl groups excluding tert-OH is 1. The minimum atomic E-state index is -0.777. The van der Waals surface area contributed by atoms with E-state index in [0.717, 1.165) is 12.0 Å². The molecule has 35 heavy (non-hydrogen) atoms. The lowest BCUT2D eigenvalue weighted by Crippen LogP contribution is -2.12. The van der Waals surface area contributed by atoms with Crippen LogP contribution in [0.15, 0.2) is 96.0 Å². The van der Waals surface area contributed by atoms with Crippen LogP contribution in [-0.2, 0) is 17.8 Å². The number of amides is 1. The van der Waals surface area contributed by atoms with Crippen molar-refractivity contribution in [3.05, 3.63) is 108 Å². The molecule has 0 atom stereocenters. The Kier molecular flexibility index (Phi) is 16.9. The maximum Gasteiger partial charge on any atom is 0.404 e. The molecular formula is C28H35N3O4. The summed E-state index contributed by atoms with van der Waals surface area (Å²) < 4.78 is 9.18. The Bertz CT molecular complexity index is 1100. The molecule has 186 valence electrons. The monoisotopic (exact) mass is 477 g/mol. The average Bonchev–Trinajstić information content (AvgIpc) is 3.51. The van der Waals surface area contributed by atoms with Gasteiger partial charge in [-0.2, -0.15) is 0 Å². The van der Waals surface area contributed by atoms with Crippen LogP contribution in [-0.4, -0.2) is 22.9 Å². The van der Waals surface area contributed by atoms with Gasteiger partial charge in [-0.25, -0.2) is 4.79 Å². The van der Waals surface area contributed by atoms with Gasteiger partial charge < -0.3 is 30.7 Å². The Morgan fingerprint density at radius 3 is 2.20 bits per heavy atom. The van der Waals surface area contributed by atoms with Crippen LogP contribution in [0.4, 0.5) is 4.79 Å². The van der Waals surface area contributed by atoms with E-state index in [1.807, 2.05) is 24.3 Å². The number of furan rings is 1. The number of rotatable bonds is 4. The first-order valence-electron chi connectivity index (χ1n) is 10.7. The molecule has 2 aromatic carbocycles. The Hall–Kier alpha value is -4.25. The first-order valence-corrected chi connectivity index (χ1v) is 10.7. The summed E-state index contributed by atoms with van der Waals surface area (Å²) in [6.07, 6.45) is 13.2. The van der Waals surface area contributed by atoms with Crippen LogP contribution in [0.3, 0.4) is 0 Å². The number of H-pyrrole nitrogens is 1. The quantitative estimate of drug-likeness (QED) is 0.180. The number of para-hydroxylation sites is 1. The highest BCUT2D eigenvalue weighted by molar-refractivity contribution is 5.83. The van der Waals surface area contributed by atoms with Gasteiger partial charge in [-0.1, -0.05) is 66.2 Å². The van der Waals surface area contributed by atoms with E-state index >= 15 is 0 Å². The van der Waals surface area contributed by atoms with Crippen LogP contribution < -0.4 is 11.5 Å². The highest BCUT2D eigenvalue weighted by Gasteiger charge is 2.01. The van der Waals surface area contributed by atoms with E-state index in [0.29, 0.717) is 0 Å². The Balaban J connectivity index is 0.000000469. The van der Waals surface area contributed by atoms with Crippen LogP contribution in [0, 0.1) is 19.8 Å². The van der Waals surface area contributed by atoms with Gasteiger partial charge in [0, 0.05) is 22.7 Å². The fourth-order valence-electron chi connectivity index (χ4n) is 2.67. The minimum Gasteiger partial charge on any atom is -0.472 e. The van der Waals surface area contributed by atoms with Gasteiger partial charge in [0.1, 0.15) is 6.61 Å². The molecule has 7 nitrogen and oxygen atoms in total. The van der Waals surface area contributed by atoms with Crippen molar-refractivity contribution in [1.29, 1.82) is 0 Å². The van der Waals surface area contributed by atoms with Gasteiger partial charge in [0.25, 0.3) is 0 Å². The van der Waals surface area contributed by atoms with Crippen molar-refractivity contribution in [2.75, 3.05) is 6.73 Å². The molecular weight excluding hydrogens is 442 g/mol. The number of aliphatic hydroxyl groups is 1. The van der Waals surface area contributed by atoms with Crippen molar-refractivity contribution in [3.8, 4) is 12.8 Å². The molecule has 0 fully saturated rings. The van der Waals surface area contributed by atoms with Gasteiger partial charge in [0.05, 0.1) is 19.3 Å². The number of primary amides is 1. The first-order chi connectivity index (χ1) is 16.9. The fourth-order valence-corrected chi connectivity index (χ4v) is 2.67. The van der Waals surface area contributed by atoms with Gasteiger partial charge in [-0.15, -0.1) is 12.8 Å². The Labute approximate surface area is 207 Å². The van der Waals surface area contributed by atoms with Crippen molar-refractivity contribution in [3.63, 3.8) is 0 Å². The number of carbonyl (C=O) groups excluding carboxylic acids is 1. The molecule has 0 saturated heterocycles. The third kappa shape index (κ3) is 14.5. The number of ether oxygens (including phenoxy) is 1. The van der Waals surface area contributed by atoms with Crippen molar-refractivity contribution >= 4 is 17.0 Å². The number of hydrogen-bond acceptors (Lipinski definition) is 5. The molecule has 0 bridgehead atoms. The maximum absolute atomic E-state index is 10.1. The molecule has 0 unspecified atom stereocenters. The van der Waals surface area contributed by atoms with E-state index in [1.165, 1.54) is 40.1 Å². The maximum atomic E-state index is 10.1. The highest BCUT2D eigenvalue weighted by atomic mass is 16.5. The molecule has 4 aromatic rings. The van der Waals surface area contributed by atoms with E-state index < -0.39 is 6.09 Å². The predicted octanol–water partition coefficient (Wildman–Crippen LogP) is 5.30. The van der Waals surface area contributed by atoms with Gasteiger partial charge >= 0.3 is 6.09 Å². The molecule has 1 amide bonds. The summed E-state index contributed by atoms with van der Waals surface area (Å²) in [5.41, 5.74) is 15.0. The lowest BCUT2D eigenvalue weighted by atomic mass is 10.1. The van der Waals surface area contributed by atoms with E-state index in [-0.39, 0.29) is 13.3 Å². The average molecular weight is 478 g/mol. The number of nitrogens with two attached hydrogens (primary N) is 2. The van der Waals surface area contributed by atoms with Gasteiger partial charge in [0.15, 0.2) is 0 Å². The smallest absolute Gasteiger partial charge is 0.404 e. The molecule has 0 aliphatic rings. The van der Waals surface area contributed by atoms with Crippen molar-refractivity contribution in [1.82, 2.24) is 4.98 Å². The first kappa shape index (κ1) is 30.8. The minimum absolute atomic E-state index is 0.172. The van der Waals surface area contributed by atoms with Crippen LogP contribution >= 0.6 is 0 Å². The predicted molar refractivity (Wildman–Crippen MR) is 142 cm³/mol. The molecule has 2 heterocycles. The van der Waals surface area contributed by atoms with Crippen LogP contribution in [0.5, 0.6) is 0 Å². The third-order valence-electron chi connectivity index (χ3n) is 4.07. The Morgan fingerprint density at radius 2 is 1.71 bits per heavy atom. The summed E-state index contributed by atoms with van der Waals surface area (Å²) in [6.45, 7) is 7.99. The SMILES string of the molecule is C#C.C=C(C)Cc1c[nH]c2ccccc12.Cc1ccccc1.NC(=O)OCc1ccoc1.NCO. The zero-order valence-corrected chi connectivity index (χ0v) is 20.3.